The second kappa shape index (κ2) is 25.0. The molecule has 0 radical (unpaired) electrons. The quantitative estimate of drug-likeness (QED) is 0.0413. The van der Waals surface area contributed by atoms with Gasteiger partial charge in [0.05, 0.1) is 25.7 Å². The topological polar surface area (TPSA) is 230 Å². The van der Waals surface area contributed by atoms with Gasteiger partial charge in [-0.2, -0.15) is 0 Å². The number of aliphatic carboxylic acids is 4. The number of carboxylic acids is 4. The standard InChI is InChI=1S/C73H108O12/c1-65(2,3)49-25-41(26-50(61(49)82)66(4,5)6)45(33-57(74)75)37-73(38-46(34-58(76)77)42-27-51(67(7,8)9)62(83)52(28-42)68(10,11)12,39-47(35-59(78)79)43-29-53(69(13,14)15)63(84)54(30-43)70(16,17)18)40-48(36-60(80)81)44-31-55(71(19,20)21)64(85)56(32-44)72(22,23)24/h25-32,45-48,82-85H,33-40H2,1-24H3,(H,74,75)(H,76,77)(H,78,79)(H,80,81). The number of hydrogen-bond acceptors (Lipinski definition) is 8. The van der Waals surface area contributed by atoms with E-state index in [0.717, 1.165) is 0 Å². The van der Waals surface area contributed by atoms with Crippen LogP contribution in [0, 0.1) is 5.41 Å². The molecule has 12 nitrogen and oxygen atoms in total. The van der Waals surface area contributed by atoms with Gasteiger partial charge in [0.1, 0.15) is 23.0 Å². The third-order valence-electron chi connectivity index (χ3n) is 17.3. The molecule has 0 bridgehead atoms. The van der Waals surface area contributed by atoms with Crippen LogP contribution in [0.5, 0.6) is 23.0 Å². The van der Waals surface area contributed by atoms with E-state index in [-0.39, 0.29) is 48.7 Å². The first-order valence-corrected chi connectivity index (χ1v) is 30.5. The van der Waals surface area contributed by atoms with Crippen molar-refractivity contribution in [3.63, 3.8) is 0 Å². The number of carbonyl (C=O) groups is 4. The summed E-state index contributed by atoms with van der Waals surface area (Å²) in [6.45, 7) is 47.3. The molecule has 12 heteroatoms. The minimum atomic E-state index is -1.38. The summed E-state index contributed by atoms with van der Waals surface area (Å²) < 4.78 is 0. The predicted octanol–water partition coefficient (Wildman–Crippen LogP) is 17.8. The molecule has 4 atom stereocenters. The van der Waals surface area contributed by atoms with Gasteiger partial charge in [0, 0.05) is 0 Å². The van der Waals surface area contributed by atoms with Gasteiger partial charge in [-0.3, -0.25) is 19.2 Å². The molecule has 472 valence electrons. The van der Waals surface area contributed by atoms with Crippen molar-refractivity contribution >= 4 is 23.9 Å². The fraction of sp³-hybridized carbons (Fsp3) is 0.616. The van der Waals surface area contributed by atoms with Crippen molar-refractivity contribution in [2.75, 3.05) is 0 Å². The summed E-state index contributed by atoms with van der Waals surface area (Å²) >= 11 is 0. The van der Waals surface area contributed by atoms with Gasteiger partial charge in [-0.25, -0.2) is 0 Å². The van der Waals surface area contributed by atoms with Crippen LogP contribution in [0.4, 0.5) is 0 Å². The van der Waals surface area contributed by atoms with Crippen LogP contribution >= 0.6 is 0 Å². The van der Waals surface area contributed by atoms with Gasteiger partial charge < -0.3 is 40.9 Å². The van der Waals surface area contributed by atoms with Crippen molar-refractivity contribution in [3.05, 3.63) is 115 Å². The second-order valence-electron chi connectivity index (χ2n) is 33.4. The van der Waals surface area contributed by atoms with Gasteiger partial charge in [0.15, 0.2) is 0 Å². The molecule has 0 aliphatic rings. The Morgan fingerprint density at radius 3 is 0.482 bits per heavy atom. The second-order valence-corrected chi connectivity index (χ2v) is 33.4. The Morgan fingerprint density at radius 2 is 0.388 bits per heavy atom. The lowest BCUT2D eigenvalue weighted by molar-refractivity contribution is -0.138. The maximum Gasteiger partial charge on any atom is 0.303 e. The van der Waals surface area contributed by atoms with Crippen LogP contribution in [0.2, 0.25) is 0 Å². The van der Waals surface area contributed by atoms with Crippen LogP contribution in [0.25, 0.3) is 0 Å². The lowest BCUT2D eigenvalue weighted by Gasteiger charge is -2.45. The highest BCUT2D eigenvalue weighted by Gasteiger charge is 2.45. The van der Waals surface area contributed by atoms with Gasteiger partial charge >= 0.3 is 23.9 Å². The first-order chi connectivity index (χ1) is 38.1. The van der Waals surface area contributed by atoms with Crippen LogP contribution in [0.1, 0.15) is 308 Å². The molecule has 0 aliphatic carbocycles. The molecule has 0 heterocycles. The summed E-state index contributed by atoms with van der Waals surface area (Å²) in [5.41, 5.74) is 0.526. The summed E-state index contributed by atoms with van der Waals surface area (Å²) in [6, 6.07) is 14.9. The Morgan fingerprint density at radius 1 is 0.271 bits per heavy atom. The SMILES string of the molecule is CC(C)(C)c1cc(C(CC(=O)O)CC(CC(CC(=O)O)c2cc(C(C)(C)C)c(O)c(C(C)(C)C)c2)(CC(CC(=O)O)c2cc(C(C)(C)C)c(O)c(C(C)(C)C)c2)CC(CC(=O)O)c2cc(C(C)(C)C)c(O)c(C(C)(C)C)c2)cc(C(C)(C)C)c1O. The maximum atomic E-state index is 13.8. The molecule has 4 aromatic rings. The smallest absolute Gasteiger partial charge is 0.303 e. The summed E-state index contributed by atoms with van der Waals surface area (Å²) in [5.74, 6) is -7.82. The highest BCUT2D eigenvalue weighted by atomic mass is 16.4. The van der Waals surface area contributed by atoms with Crippen LogP contribution in [-0.4, -0.2) is 64.7 Å². The minimum Gasteiger partial charge on any atom is -0.507 e. The van der Waals surface area contributed by atoms with E-state index in [1.807, 2.05) is 215 Å². The highest BCUT2D eigenvalue weighted by molar-refractivity contribution is 5.71. The van der Waals surface area contributed by atoms with E-state index in [1.54, 1.807) is 0 Å². The van der Waals surface area contributed by atoms with Crippen LogP contribution in [-0.2, 0) is 62.5 Å². The number of rotatable bonds is 20. The van der Waals surface area contributed by atoms with Crippen molar-refractivity contribution in [1.29, 1.82) is 0 Å². The fourth-order valence-corrected chi connectivity index (χ4v) is 12.8. The van der Waals surface area contributed by atoms with Gasteiger partial charge in [-0.15, -0.1) is 0 Å². The van der Waals surface area contributed by atoms with E-state index < -0.39 is 122 Å². The monoisotopic (exact) mass is 1180 g/mol. The molecule has 0 fully saturated rings. The number of benzene rings is 4. The Kier molecular flexibility index (Phi) is 21.0. The Bertz CT molecular complexity index is 2540. The molecule has 0 spiro atoms. The molecule has 0 amide bonds. The summed E-state index contributed by atoms with van der Waals surface area (Å²) in [6.07, 6.45) is -1.87. The summed E-state index contributed by atoms with van der Waals surface area (Å²) in [4.78, 5) is 55.2. The Balaban J connectivity index is 2.52. The Labute approximate surface area is 509 Å². The molecule has 4 rings (SSSR count). The predicted molar refractivity (Wildman–Crippen MR) is 343 cm³/mol. The van der Waals surface area contributed by atoms with Gasteiger partial charge in [-0.05, 0) is 165 Å². The van der Waals surface area contributed by atoms with E-state index in [1.165, 1.54) is 0 Å². The zero-order valence-corrected chi connectivity index (χ0v) is 56.3. The van der Waals surface area contributed by atoms with Crippen molar-refractivity contribution < 1.29 is 60.0 Å². The van der Waals surface area contributed by atoms with E-state index in [9.17, 15) is 60.0 Å². The molecule has 85 heavy (non-hydrogen) atoms. The highest BCUT2D eigenvalue weighted by Crippen LogP contribution is 2.57. The first kappa shape index (κ1) is 71.4. The van der Waals surface area contributed by atoms with Crippen molar-refractivity contribution in [2.24, 2.45) is 5.41 Å². The average Bonchev–Trinajstić information content (AvgIpc) is 2.69. The molecule has 0 saturated heterocycles. The zero-order chi connectivity index (χ0) is 65.7. The van der Waals surface area contributed by atoms with Gasteiger partial charge in [0.25, 0.3) is 0 Å². The maximum absolute atomic E-state index is 13.8. The lowest BCUT2D eigenvalue weighted by Crippen LogP contribution is -2.33. The molecule has 8 N–H and O–H groups in total. The molecule has 0 saturated carbocycles. The number of hydrogen-bond donors (Lipinski definition) is 8. The Hall–Kier alpha value is -6.04. The van der Waals surface area contributed by atoms with Gasteiger partial charge in [-0.1, -0.05) is 215 Å². The van der Waals surface area contributed by atoms with E-state index in [4.69, 9.17) is 0 Å². The van der Waals surface area contributed by atoms with E-state index >= 15 is 0 Å². The molecular weight excluding hydrogens is 1070 g/mol. The van der Waals surface area contributed by atoms with E-state index in [0.29, 0.717) is 66.8 Å². The molecule has 0 aliphatic heterocycles. The summed E-state index contributed by atoms with van der Waals surface area (Å²) in [5, 5.41) is 93.7. The fourth-order valence-electron chi connectivity index (χ4n) is 12.8. The number of phenolic OH excluding ortho intramolecular Hbond substituents is 4. The largest absolute Gasteiger partial charge is 0.507 e. The molecule has 4 aromatic carbocycles. The van der Waals surface area contributed by atoms with E-state index in [2.05, 4.69) is 0 Å². The van der Waals surface area contributed by atoms with Crippen molar-refractivity contribution in [1.82, 2.24) is 0 Å². The van der Waals surface area contributed by atoms with Gasteiger partial charge in [0.2, 0.25) is 0 Å². The summed E-state index contributed by atoms with van der Waals surface area (Å²) in [7, 11) is 0. The molecule has 0 aromatic heterocycles. The normalized spacial score (nSPS) is 15.4. The number of aromatic hydroxyl groups is 4. The zero-order valence-electron chi connectivity index (χ0n) is 56.3. The van der Waals surface area contributed by atoms with Crippen LogP contribution in [0.3, 0.4) is 0 Å². The number of phenols is 4. The van der Waals surface area contributed by atoms with Crippen LogP contribution in [0.15, 0.2) is 48.5 Å². The average molecular weight is 1180 g/mol. The van der Waals surface area contributed by atoms with Crippen molar-refractivity contribution in [3.8, 4) is 23.0 Å². The third kappa shape index (κ3) is 18.0. The number of carboxylic acid groups (broad SMARTS) is 4. The van der Waals surface area contributed by atoms with Crippen molar-refractivity contribution in [2.45, 2.75) is 285 Å². The van der Waals surface area contributed by atoms with Crippen LogP contribution < -0.4 is 0 Å². The third-order valence-corrected chi connectivity index (χ3v) is 17.3. The lowest BCUT2D eigenvalue weighted by atomic mass is 9.59. The molecule has 4 unspecified atom stereocenters. The minimum absolute atomic E-state index is 0.0252. The first-order valence-electron chi connectivity index (χ1n) is 30.5. The molecular formula is C73H108O12.